The number of benzene rings is 1. The fourth-order valence-electron chi connectivity index (χ4n) is 2.99. The van der Waals surface area contributed by atoms with Gasteiger partial charge in [-0.15, -0.1) is 0 Å². The van der Waals surface area contributed by atoms with Crippen molar-refractivity contribution in [3.8, 4) is 0 Å². The second-order valence-corrected chi connectivity index (χ2v) is 6.58. The highest BCUT2D eigenvalue weighted by Crippen LogP contribution is 2.14. The predicted octanol–water partition coefficient (Wildman–Crippen LogP) is 4.21. The van der Waals surface area contributed by atoms with Crippen LogP contribution in [-0.4, -0.2) is 20.5 Å². The van der Waals surface area contributed by atoms with Gasteiger partial charge in [0, 0.05) is 11.8 Å². The smallest absolute Gasteiger partial charge is 0.337 e. The molecule has 3 rings (SSSR count). The summed E-state index contributed by atoms with van der Waals surface area (Å²) in [5.74, 6) is -1.07. The summed E-state index contributed by atoms with van der Waals surface area (Å²) in [5.41, 5.74) is 3.75. The molecule has 0 spiro atoms. The fourth-order valence-corrected chi connectivity index (χ4v) is 2.99. The van der Waals surface area contributed by atoms with Crippen LogP contribution in [0.2, 0.25) is 0 Å². The molecule has 2 heterocycles. The second kappa shape index (κ2) is 7.99. The van der Waals surface area contributed by atoms with Crippen LogP contribution in [-0.2, 0) is 6.42 Å². The minimum Gasteiger partial charge on any atom is -0.478 e. The molecule has 0 aliphatic rings. The molecule has 5 heteroatoms. The van der Waals surface area contributed by atoms with E-state index in [0.29, 0.717) is 23.3 Å². The van der Waals surface area contributed by atoms with E-state index in [9.17, 15) is 14.7 Å². The molecule has 1 N–H and O–H groups in total. The first-order valence-electron chi connectivity index (χ1n) is 9.03. The van der Waals surface area contributed by atoms with E-state index in [2.05, 4.69) is 18.0 Å². The number of aromatic nitrogens is 2. The van der Waals surface area contributed by atoms with Crippen LogP contribution in [0.5, 0.6) is 0 Å². The van der Waals surface area contributed by atoms with Gasteiger partial charge in [-0.05, 0) is 43.5 Å². The monoisotopic (exact) mass is 362 g/mol. The second-order valence-electron chi connectivity index (χ2n) is 6.58. The maximum atomic E-state index is 13.0. The van der Waals surface area contributed by atoms with E-state index in [4.69, 9.17) is 0 Å². The largest absolute Gasteiger partial charge is 0.478 e. The van der Waals surface area contributed by atoms with Crippen molar-refractivity contribution in [1.82, 2.24) is 9.38 Å². The molecule has 0 saturated carbocycles. The standard InChI is InChI=1S/C22H22N2O3/c1-3-4-8-18-19(11-9-16-7-5-6-15(2)13-16)23-20-12-10-17(22(26)27)14-24(20)21(18)25/h5-7,9-14H,3-4,8H2,1-2H3,(H,26,27). The minimum atomic E-state index is -1.07. The normalized spacial score (nSPS) is 11.3. The van der Waals surface area contributed by atoms with Crippen LogP contribution < -0.4 is 5.56 Å². The van der Waals surface area contributed by atoms with Crippen molar-refractivity contribution in [2.24, 2.45) is 0 Å². The third-order valence-corrected chi connectivity index (χ3v) is 4.45. The topological polar surface area (TPSA) is 71.7 Å². The fraction of sp³-hybridized carbons (Fsp3) is 0.227. The Morgan fingerprint density at radius 2 is 2.04 bits per heavy atom. The molecule has 1 aromatic carbocycles. The lowest BCUT2D eigenvalue weighted by atomic mass is 10.1. The molecule has 27 heavy (non-hydrogen) atoms. The van der Waals surface area contributed by atoms with Gasteiger partial charge in [0.2, 0.25) is 0 Å². The Labute approximate surface area is 157 Å². The van der Waals surface area contributed by atoms with Gasteiger partial charge in [0.1, 0.15) is 5.65 Å². The van der Waals surface area contributed by atoms with Crippen molar-refractivity contribution in [3.05, 3.63) is 80.9 Å². The van der Waals surface area contributed by atoms with E-state index in [1.807, 2.05) is 37.3 Å². The number of hydrogen-bond donors (Lipinski definition) is 1. The summed E-state index contributed by atoms with van der Waals surface area (Å²) >= 11 is 0. The number of fused-ring (bicyclic) bond motifs is 1. The minimum absolute atomic E-state index is 0.0656. The highest BCUT2D eigenvalue weighted by atomic mass is 16.4. The van der Waals surface area contributed by atoms with Gasteiger partial charge in [0.25, 0.3) is 5.56 Å². The highest BCUT2D eigenvalue weighted by molar-refractivity contribution is 5.87. The molecule has 5 nitrogen and oxygen atoms in total. The van der Waals surface area contributed by atoms with Crippen molar-refractivity contribution in [3.63, 3.8) is 0 Å². The van der Waals surface area contributed by atoms with E-state index < -0.39 is 5.97 Å². The summed E-state index contributed by atoms with van der Waals surface area (Å²) < 4.78 is 1.33. The summed E-state index contributed by atoms with van der Waals surface area (Å²) in [6.07, 6.45) is 7.59. The van der Waals surface area contributed by atoms with Gasteiger partial charge in [0.15, 0.2) is 0 Å². The molecule has 0 amide bonds. The van der Waals surface area contributed by atoms with Crippen LogP contribution in [0.25, 0.3) is 17.8 Å². The van der Waals surface area contributed by atoms with Gasteiger partial charge in [-0.2, -0.15) is 0 Å². The van der Waals surface area contributed by atoms with Crippen molar-refractivity contribution in [2.45, 2.75) is 33.1 Å². The zero-order valence-electron chi connectivity index (χ0n) is 15.5. The van der Waals surface area contributed by atoms with Crippen molar-refractivity contribution >= 4 is 23.8 Å². The van der Waals surface area contributed by atoms with Crippen molar-refractivity contribution in [1.29, 1.82) is 0 Å². The summed E-state index contributed by atoms with van der Waals surface area (Å²) in [5, 5.41) is 9.19. The number of hydrogen-bond acceptors (Lipinski definition) is 3. The number of aryl methyl sites for hydroxylation is 1. The number of rotatable bonds is 6. The molecule has 138 valence electrons. The summed E-state index contributed by atoms with van der Waals surface area (Å²) in [6.45, 7) is 4.10. The molecule has 0 saturated heterocycles. The Morgan fingerprint density at radius 1 is 1.22 bits per heavy atom. The lowest BCUT2D eigenvalue weighted by molar-refractivity contribution is 0.0696. The molecule has 2 aromatic heterocycles. The first-order valence-corrected chi connectivity index (χ1v) is 9.03. The van der Waals surface area contributed by atoms with E-state index in [-0.39, 0.29) is 11.1 Å². The Kier molecular flexibility index (Phi) is 5.50. The zero-order chi connectivity index (χ0) is 19.4. The quantitative estimate of drug-likeness (QED) is 0.713. The molecule has 0 unspecified atom stereocenters. The van der Waals surface area contributed by atoms with E-state index in [0.717, 1.165) is 24.0 Å². The number of carboxylic acids is 1. The molecule has 3 aromatic rings. The maximum absolute atomic E-state index is 13.0. The third-order valence-electron chi connectivity index (χ3n) is 4.45. The molecule has 0 fully saturated rings. The Bertz CT molecular complexity index is 1080. The lowest BCUT2D eigenvalue weighted by Crippen LogP contribution is -2.22. The Hall–Kier alpha value is -3.21. The van der Waals surface area contributed by atoms with Gasteiger partial charge >= 0.3 is 5.97 Å². The maximum Gasteiger partial charge on any atom is 0.337 e. The molecule has 0 aliphatic heterocycles. The van der Waals surface area contributed by atoms with Crippen LogP contribution in [0, 0.1) is 6.92 Å². The highest BCUT2D eigenvalue weighted by Gasteiger charge is 2.12. The van der Waals surface area contributed by atoms with Gasteiger partial charge in [0.05, 0.1) is 11.3 Å². The molecular formula is C22H22N2O3. The van der Waals surface area contributed by atoms with Gasteiger partial charge in [-0.1, -0.05) is 49.2 Å². The average molecular weight is 362 g/mol. The first-order chi connectivity index (χ1) is 13.0. The molecular weight excluding hydrogens is 340 g/mol. The SMILES string of the molecule is CCCCc1c(C=Cc2cccc(C)c2)nc2ccc(C(=O)O)cn2c1=O. The number of nitrogens with zero attached hydrogens (tertiary/aromatic N) is 2. The number of carboxylic acid groups (broad SMARTS) is 1. The summed E-state index contributed by atoms with van der Waals surface area (Å²) in [6, 6.07) is 11.1. The van der Waals surface area contributed by atoms with E-state index >= 15 is 0 Å². The summed E-state index contributed by atoms with van der Waals surface area (Å²) in [4.78, 5) is 28.8. The average Bonchev–Trinajstić information content (AvgIpc) is 2.65. The van der Waals surface area contributed by atoms with E-state index in [1.54, 1.807) is 6.07 Å². The Morgan fingerprint density at radius 3 is 2.74 bits per heavy atom. The van der Waals surface area contributed by atoms with Crippen molar-refractivity contribution < 1.29 is 9.90 Å². The van der Waals surface area contributed by atoms with Crippen LogP contribution >= 0.6 is 0 Å². The molecule has 0 aliphatic carbocycles. The predicted molar refractivity (Wildman–Crippen MR) is 107 cm³/mol. The summed E-state index contributed by atoms with van der Waals surface area (Å²) in [7, 11) is 0. The van der Waals surface area contributed by atoms with Gasteiger partial charge in [-0.25, -0.2) is 9.78 Å². The molecule has 0 atom stereocenters. The number of carbonyl (C=O) groups is 1. The van der Waals surface area contributed by atoms with Gasteiger partial charge in [-0.3, -0.25) is 9.20 Å². The molecule has 0 radical (unpaired) electrons. The van der Waals surface area contributed by atoms with Crippen LogP contribution in [0.15, 0.2) is 47.4 Å². The van der Waals surface area contributed by atoms with E-state index in [1.165, 1.54) is 16.7 Å². The Balaban J connectivity index is 2.13. The first kappa shape index (κ1) is 18.6. The molecule has 0 bridgehead atoms. The zero-order valence-corrected chi connectivity index (χ0v) is 15.5. The number of pyridine rings is 1. The van der Waals surface area contributed by atoms with Gasteiger partial charge < -0.3 is 5.11 Å². The third kappa shape index (κ3) is 4.14. The van der Waals surface area contributed by atoms with Crippen LogP contribution in [0.4, 0.5) is 0 Å². The van der Waals surface area contributed by atoms with Crippen molar-refractivity contribution in [2.75, 3.05) is 0 Å². The van der Waals surface area contributed by atoms with Crippen LogP contribution in [0.3, 0.4) is 0 Å². The lowest BCUT2D eigenvalue weighted by Gasteiger charge is -2.09. The number of unbranched alkanes of at least 4 members (excludes halogenated alkanes) is 1. The van der Waals surface area contributed by atoms with Crippen LogP contribution in [0.1, 0.15) is 52.5 Å². The number of aromatic carboxylic acids is 1.